The quantitative estimate of drug-likeness (QED) is 0.873. The molecule has 1 atom stereocenters. The molecule has 2 aromatic rings. The van der Waals surface area contributed by atoms with E-state index in [4.69, 9.17) is 4.42 Å². The third kappa shape index (κ3) is 1.90. The Morgan fingerprint density at radius 1 is 1.41 bits per heavy atom. The first-order valence-corrected chi connectivity index (χ1v) is 6.21. The monoisotopic (exact) mass is 230 g/mol. The van der Waals surface area contributed by atoms with Gasteiger partial charge in [-0.1, -0.05) is 6.92 Å². The molecule has 1 unspecified atom stereocenters. The van der Waals surface area contributed by atoms with Crippen LogP contribution in [0.5, 0.6) is 0 Å². The number of benzene rings is 1. The number of hydrogen-bond acceptors (Lipinski definition) is 3. The first kappa shape index (κ1) is 10.6. The first-order valence-electron chi connectivity index (χ1n) is 6.21. The summed E-state index contributed by atoms with van der Waals surface area (Å²) in [5, 5.41) is 3.56. The van der Waals surface area contributed by atoms with Gasteiger partial charge >= 0.3 is 0 Å². The number of anilines is 1. The molecule has 1 aliphatic rings. The van der Waals surface area contributed by atoms with E-state index in [0.717, 1.165) is 22.7 Å². The molecule has 0 saturated heterocycles. The highest BCUT2D eigenvalue weighted by atomic mass is 16.3. The van der Waals surface area contributed by atoms with Gasteiger partial charge in [0.2, 0.25) is 0 Å². The minimum Gasteiger partial charge on any atom is -0.441 e. The zero-order valence-electron chi connectivity index (χ0n) is 10.6. The number of hydrogen-bond donors (Lipinski definition) is 1. The topological polar surface area (TPSA) is 38.1 Å². The van der Waals surface area contributed by atoms with Crippen molar-refractivity contribution in [1.82, 2.24) is 4.98 Å². The predicted octanol–water partition coefficient (Wildman–Crippen LogP) is 3.74. The van der Waals surface area contributed by atoms with E-state index in [2.05, 4.69) is 36.3 Å². The Hall–Kier alpha value is -1.51. The van der Waals surface area contributed by atoms with Crippen molar-refractivity contribution >= 4 is 16.8 Å². The van der Waals surface area contributed by atoms with E-state index >= 15 is 0 Å². The zero-order valence-corrected chi connectivity index (χ0v) is 10.6. The molecule has 3 rings (SSSR count). The number of aryl methyl sites for hydroxylation is 1. The van der Waals surface area contributed by atoms with Crippen LogP contribution in [0.3, 0.4) is 0 Å². The summed E-state index contributed by atoms with van der Waals surface area (Å²) in [6.45, 7) is 6.47. The van der Waals surface area contributed by atoms with Crippen LogP contribution >= 0.6 is 0 Å². The predicted molar refractivity (Wildman–Crippen MR) is 69.2 cm³/mol. The van der Waals surface area contributed by atoms with Crippen LogP contribution in [0.4, 0.5) is 5.69 Å². The van der Waals surface area contributed by atoms with Gasteiger partial charge in [0.15, 0.2) is 11.5 Å². The summed E-state index contributed by atoms with van der Waals surface area (Å²) in [6, 6.07) is 6.62. The van der Waals surface area contributed by atoms with Gasteiger partial charge in [-0.2, -0.15) is 0 Å². The van der Waals surface area contributed by atoms with Gasteiger partial charge in [0.1, 0.15) is 5.52 Å². The normalized spacial score (nSPS) is 19.2. The summed E-state index contributed by atoms with van der Waals surface area (Å²) in [6.07, 6.45) is 2.65. The molecule has 1 aromatic carbocycles. The second-order valence-corrected chi connectivity index (χ2v) is 5.44. The third-order valence-corrected chi connectivity index (χ3v) is 3.96. The van der Waals surface area contributed by atoms with Crippen molar-refractivity contribution in [2.45, 2.75) is 39.7 Å². The number of nitrogens with one attached hydrogen (secondary N) is 1. The van der Waals surface area contributed by atoms with Gasteiger partial charge in [-0.05, 0) is 43.4 Å². The number of oxazole rings is 1. The van der Waals surface area contributed by atoms with E-state index in [-0.39, 0.29) is 0 Å². The molecule has 0 radical (unpaired) electrons. The molecular weight excluding hydrogens is 212 g/mol. The highest BCUT2D eigenvalue weighted by Gasteiger charge is 2.42. The Bertz CT molecular complexity index is 554. The number of fused-ring (bicyclic) bond motifs is 1. The van der Waals surface area contributed by atoms with Crippen LogP contribution in [-0.4, -0.2) is 11.0 Å². The Balaban J connectivity index is 1.85. The lowest BCUT2D eigenvalue weighted by molar-refractivity contribution is 0.493. The van der Waals surface area contributed by atoms with E-state index in [1.807, 2.05) is 13.0 Å². The summed E-state index contributed by atoms with van der Waals surface area (Å²) in [5.41, 5.74) is 3.40. The molecule has 1 N–H and O–H groups in total. The SMILES string of the molecule is Cc1nc2cc(NC(C)C3(C)CC3)ccc2o1. The van der Waals surface area contributed by atoms with E-state index < -0.39 is 0 Å². The lowest BCUT2D eigenvalue weighted by Gasteiger charge is -2.21. The minimum absolute atomic E-state index is 0.481. The van der Waals surface area contributed by atoms with Crippen molar-refractivity contribution in [2.24, 2.45) is 5.41 Å². The van der Waals surface area contributed by atoms with Crippen LogP contribution in [0.2, 0.25) is 0 Å². The Morgan fingerprint density at radius 2 is 2.18 bits per heavy atom. The summed E-state index contributed by atoms with van der Waals surface area (Å²) in [5.74, 6) is 0.722. The average Bonchev–Trinajstić information content (AvgIpc) is 2.91. The van der Waals surface area contributed by atoms with Crippen molar-refractivity contribution < 1.29 is 4.42 Å². The maximum Gasteiger partial charge on any atom is 0.192 e. The molecule has 17 heavy (non-hydrogen) atoms. The highest BCUT2D eigenvalue weighted by molar-refractivity contribution is 5.77. The van der Waals surface area contributed by atoms with Gasteiger partial charge in [-0.25, -0.2) is 4.98 Å². The van der Waals surface area contributed by atoms with E-state index in [1.54, 1.807) is 0 Å². The van der Waals surface area contributed by atoms with Crippen molar-refractivity contribution in [3.63, 3.8) is 0 Å². The fraction of sp³-hybridized carbons (Fsp3) is 0.500. The third-order valence-electron chi connectivity index (χ3n) is 3.96. The lowest BCUT2D eigenvalue weighted by atomic mass is 10.0. The fourth-order valence-electron chi connectivity index (χ4n) is 2.19. The molecule has 0 spiro atoms. The van der Waals surface area contributed by atoms with Crippen molar-refractivity contribution in [3.05, 3.63) is 24.1 Å². The smallest absolute Gasteiger partial charge is 0.192 e. The zero-order chi connectivity index (χ0) is 12.0. The van der Waals surface area contributed by atoms with Crippen LogP contribution in [0.1, 0.15) is 32.6 Å². The number of nitrogens with zero attached hydrogens (tertiary/aromatic N) is 1. The van der Waals surface area contributed by atoms with Crippen molar-refractivity contribution in [1.29, 1.82) is 0 Å². The molecule has 0 aliphatic heterocycles. The standard InChI is InChI=1S/C14H18N2O/c1-9(14(3)6-7-14)15-11-4-5-13-12(8-11)16-10(2)17-13/h4-5,8-9,15H,6-7H2,1-3H3. The Morgan fingerprint density at radius 3 is 2.88 bits per heavy atom. The Kier molecular flexibility index (Phi) is 2.18. The van der Waals surface area contributed by atoms with Crippen LogP contribution in [0.15, 0.2) is 22.6 Å². The largest absolute Gasteiger partial charge is 0.441 e. The van der Waals surface area contributed by atoms with Gasteiger partial charge in [-0.3, -0.25) is 0 Å². The molecule has 1 heterocycles. The van der Waals surface area contributed by atoms with Gasteiger partial charge in [0.05, 0.1) is 0 Å². The molecule has 1 aliphatic carbocycles. The van der Waals surface area contributed by atoms with Gasteiger partial charge in [0, 0.05) is 18.7 Å². The van der Waals surface area contributed by atoms with Crippen molar-refractivity contribution in [2.75, 3.05) is 5.32 Å². The van der Waals surface area contributed by atoms with Gasteiger partial charge < -0.3 is 9.73 Å². The average molecular weight is 230 g/mol. The molecule has 1 fully saturated rings. The van der Waals surface area contributed by atoms with Crippen LogP contribution in [-0.2, 0) is 0 Å². The van der Waals surface area contributed by atoms with E-state index in [0.29, 0.717) is 11.5 Å². The molecule has 90 valence electrons. The van der Waals surface area contributed by atoms with Gasteiger partial charge in [-0.15, -0.1) is 0 Å². The minimum atomic E-state index is 0.481. The maximum absolute atomic E-state index is 5.47. The summed E-state index contributed by atoms with van der Waals surface area (Å²) in [7, 11) is 0. The van der Waals surface area contributed by atoms with Gasteiger partial charge in [0.25, 0.3) is 0 Å². The summed E-state index contributed by atoms with van der Waals surface area (Å²) >= 11 is 0. The second-order valence-electron chi connectivity index (χ2n) is 5.44. The van der Waals surface area contributed by atoms with Crippen LogP contribution < -0.4 is 5.32 Å². The molecule has 3 nitrogen and oxygen atoms in total. The van der Waals surface area contributed by atoms with Crippen molar-refractivity contribution in [3.8, 4) is 0 Å². The first-order chi connectivity index (χ1) is 8.07. The van der Waals surface area contributed by atoms with Crippen LogP contribution in [0, 0.1) is 12.3 Å². The van der Waals surface area contributed by atoms with E-state index in [1.165, 1.54) is 12.8 Å². The summed E-state index contributed by atoms with van der Waals surface area (Å²) < 4.78 is 5.47. The summed E-state index contributed by atoms with van der Waals surface area (Å²) in [4.78, 5) is 4.35. The maximum atomic E-state index is 5.47. The molecule has 1 saturated carbocycles. The molecule has 0 bridgehead atoms. The van der Waals surface area contributed by atoms with E-state index in [9.17, 15) is 0 Å². The molecule has 3 heteroatoms. The highest BCUT2D eigenvalue weighted by Crippen LogP contribution is 2.48. The molecule has 0 amide bonds. The fourth-order valence-corrected chi connectivity index (χ4v) is 2.19. The number of aromatic nitrogens is 1. The molecular formula is C14H18N2O. The van der Waals surface area contributed by atoms with Crippen LogP contribution in [0.25, 0.3) is 11.1 Å². The Labute approximate surface area is 101 Å². The lowest BCUT2D eigenvalue weighted by Crippen LogP contribution is -2.24. The molecule has 1 aromatic heterocycles. The number of rotatable bonds is 3. The second kappa shape index (κ2) is 3.49.